The number of benzene rings is 2. The smallest absolute Gasteiger partial charge is 0.255 e. The Balaban J connectivity index is 1.41. The van der Waals surface area contributed by atoms with Crippen LogP contribution >= 0.6 is 11.6 Å². The molecule has 7 nitrogen and oxygen atoms in total. The molecule has 2 heterocycles. The number of hydrogen-bond acceptors (Lipinski definition) is 5. The Morgan fingerprint density at radius 1 is 1.03 bits per heavy atom. The molecule has 1 aliphatic rings. The van der Waals surface area contributed by atoms with E-state index in [9.17, 15) is 14.0 Å². The number of carbonyl (C=O) groups excluding carboxylic acids is 2. The highest BCUT2D eigenvalue weighted by Crippen LogP contribution is 2.22. The molecule has 2 aromatic carbocycles. The zero-order chi connectivity index (χ0) is 23.2. The third kappa shape index (κ3) is 5.85. The summed E-state index contributed by atoms with van der Waals surface area (Å²) in [6.07, 6.45) is 1.73. The highest BCUT2D eigenvalue weighted by Gasteiger charge is 2.16. The minimum atomic E-state index is -0.478. The first-order valence-corrected chi connectivity index (χ1v) is 10.8. The number of amides is 2. The lowest BCUT2D eigenvalue weighted by molar-refractivity contribution is 0.0951. The molecular weight excluding hydrogens is 447 g/mol. The van der Waals surface area contributed by atoms with Gasteiger partial charge in [-0.3, -0.25) is 9.59 Å². The maximum Gasteiger partial charge on any atom is 0.255 e. The van der Waals surface area contributed by atoms with Crippen LogP contribution in [0.4, 0.5) is 15.9 Å². The van der Waals surface area contributed by atoms with Gasteiger partial charge in [-0.25, -0.2) is 9.37 Å². The van der Waals surface area contributed by atoms with Gasteiger partial charge in [0.15, 0.2) is 0 Å². The molecule has 33 heavy (non-hydrogen) atoms. The number of nitrogens with zero attached hydrogens (tertiary/aromatic N) is 2. The second-order valence-electron chi connectivity index (χ2n) is 7.46. The predicted octanol–water partition coefficient (Wildman–Crippen LogP) is 3.89. The van der Waals surface area contributed by atoms with Crippen molar-refractivity contribution in [3.05, 3.63) is 88.3 Å². The Morgan fingerprint density at radius 3 is 2.48 bits per heavy atom. The second kappa shape index (κ2) is 10.4. The van der Waals surface area contributed by atoms with Gasteiger partial charge in [0.2, 0.25) is 0 Å². The van der Waals surface area contributed by atoms with Crippen molar-refractivity contribution in [3.63, 3.8) is 0 Å². The lowest BCUT2D eigenvalue weighted by atomic mass is 10.1. The van der Waals surface area contributed by atoms with Crippen LogP contribution in [0.15, 0.2) is 60.8 Å². The summed E-state index contributed by atoms with van der Waals surface area (Å²) in [7, 11) is 0. The fourth-order valence-electron chi connectivity index (χ4n) is 3.39. The van der Waals surface area contributed by atoms with Crippen LogP contribution in [0.3, 0.4) is 0 Å². The summed E-state index contributed by atoms with van der Waals surface area (Å²) in [5, 5.41) is 5.88. The van der Waals surface area contributed by atoms with Crippen molar-refractivity contribution in [1.82, 2.24) is 10.3 Å². The number of carbonyl (C=O) groups is 2. The van der Waals surface area contributed by atoms with Gasteiger partial charge in [-0.2, -0.15) is 0 Å². The van der Waals surface area contributed by atoms with Crippen molar-refractivity contribution < 1.29 is 18.7 Å². The van der Waals surface area contributed by atoms with Gasteiger partial charge in [-0.15, -0.1) is 0 Å². The van der Waals surface area contributed by atoms with Gasteiger partial charge in [0, 0.05) is 36.4 Å². The van der Waals surface area contributed by atoms with Gasteiger partial charge in [0.1, 0.15) is 11.6 Å². The van der Waals surface area contributed by atoms with Crippen LogP contribution in [0, 0.1) is 5.82 Å². The fourth-order valence-corrected chi connectivity index (χ4v) is 3.56. The first-order chi connectivity index (χ1) is 16.0. The summed E-state index contributed by atoms with van der Waals surface area (Å²) in [6, 6.07) is 13.6. The van der Waals surface area contributed by atoms with Crippen LogP contribution in [0.2, 0.25) is 5.02 Å². The van der Waals surface area contributed by atoms with Crippen LogP contribution < -0.4 is 15.5 Å². The molecule has 2 amide bonds. The van der Waals surface area contributed by atoms with E-state index in [0.29, 0.717) is 18.2 Å². The van der Waals surface area contributed by atoms with Crippen molar-refractivity contribution in [2.75, 3.05) is 36.5 Å². The van der Waals surface area contributed by atoms with E-state index in [-0.39, 0.29) is 29.3 Å². The van der Waals surface area contributed by atoms with E-state index in [0.717, 1.165) is 24.5 Å². The van der Waals surface area contributed by atoms with Gasteiger partial charge in [-0.05, 0) is 54.1 Å². The molecule has 170 valence electrons. The Labute approximate surface area is 195 Å². The first kappa shape index (κ1) is 22.7. The molecule has 0 radical (unpaired) electrons. The van der Waals surface area contributed by atoms with E-state index in [4.69, 9.17) is 16.3 Å². The van der Waals surface area contributed by atoms with Gasteiger partial charge in [-0.1, -0.05) is 17.7 Å². The van der Waals surface area contributed by atoms with Crippen molar-refractivity contribution >= 4 is 34.9 Å². The third-order valence-electron chi connectivity index (χ3n) is 5.18. The van der Waals surface area contributed by atoms with Crippen molar-refractivity contribution in [2.45, 2.75) is 6.54 Å². The van der Waals surface area contributed by atoms with E-state index in [2.05, 4.69) is 20.5 Å². The van der Waals surface area contributed by atoms with Crippen LogP contribution in [0.1, 0.15) is 26.3 Å². The zero-order valence-electron chi connectivity index (χ0n) is 17.7. The lowest BCUT2D eigenvalue weighted by Gasteiger charge is -2.27. The molecule has 1 saturated heterocycles. The summed E-state index contributed by atoms with van der Waals surface area (Å²) >= 11 is 6.07. The molecule has 9 heteroatoms. The summed E-state index contributed by atoms with van der Waals surface area (Å²) in [6.45, 7) is 3.22. The molecule has 0 saturated carbocycles. The second-order valence-corrected chi connectivity index (χ2v) is 7.89. The van der Waals surface area contributed by atoms with Gasteiger partial charge >= 0.3 is 0 Å². The number of halogens is 2. The van der Waals surface area contributed by atoms with Crippen molar-refractivity contribution in [1.29, 1.82) is 0 Å². The van der Waals surface area contributed by atoms with Crippen LogP contribution in [-0.4, -0.2) is 43.1 Å². The summed E-state index contributed by atoms with van der Waals surface area (Å²) in [4.78, 5) is 32.0. The number of morpholine rings is 1. The highest BCUT2D eigenvalue weighted by molar-refractivity contribution is 6.31. The molecule has 0 atom stereocenters. The molecule has 0 spiro atoms. The Bertz CT molecular complexity index is 1130. The van der Waals surface area contributed by atoms with E-state index in [1.807, 2.05) is 12.1 Å². The average molecular weight is 469 g/mol. The molecule has 3 aromatic rings. The number of aromatic nitrogens is 1. The highest BCUT2D eigenvalue weighted by atomic mass is 35.5. The fraction of sp³-hybridized carbons (Fsp3) is 0.208. The minimum Gasteiger partial charge on any atom is -0.378 e. The number of ether oxygens (including phenoxy) is 1. The van der Waals surface area contributed by atoms with Crippen LogP contribution in [0.5, 0.6) is 0 Å². The third-order valence-corrected chi connectivity index (χ3v) is 5.41. The van der Waals surface area contributed by atoms with E-state index in [1.165, 1.54) is 36.4 Å². The van der Waals surface area contributed by atoms with Gasteiger partial charge < -0.3 is 20.3 Å². The topological polar surface area (TPSA) is 83.6 Å². The van der Waals surface area contributed by atoms with E-state index in [1.54, 1.807) is 12.3 Å². The molecule has 0 bridgehead atoms. The maximum atomic E-state index is 13.1. The molecular formula is C24H22ClFN4O3. The SMILES string of the molecule is O=C(Nc1cc(Cl)ccc1C(=O)NCc1ccc(N2CCOCC2)nc1)c1ccc(F)cc1. The number of pyridine rings is 1. The largest absolute Gasteiger partial charge is 0.378 e. The van der Waals surface area contributed by atoms with Crippen molar-refractivity contribution in [3.8, 4) is 0 Å². The van der Waals surface area contributed by atoms with E-state index < -0.39 is 11.7 Å². The average Bonchev–Trinajstić information content (AvgIpc) is 2.84. The maximum absolute atomic E-state index is 13.1. The monoisotopic (exact) mass is 468 g/mol. The molecule has 1 aliphatic heterocycles. The Hall–Kier alpha value is -3.49. The minimum absolute atomic E-state index is 0.257. The lowest BCUT2D eigenvalue weighted by Crippen LogP contribution is -2.36. The normalized spacial score (nSPS) is 13.5. The van der Waals surface area contributed by atoms with E-state index >= 15 is 0 Å². The molecule has 2 N–H and O–H groups in total. The van der Waals surface area contributed by atoms with Crippen LogP contribution in [-0.2, 0) is 11.3 Å². The quantitative estimate of drug-likeness (QED) is 0.573. The number of anilines is 2. The summed E-state index contributed by atoms with van der Waals surface area (Å²) in [5.41, 5.74) is 1.61. The number of nitrogens with one attached hydrogen (secondary N) is 2. The predicted molar refractivity (Wildman–Crippen MR) is 124 cm³/mol. The standard InChI is InChI=1S/C24H22ClFN4O3/c25-18-4-7-20(21(13-18)29-23(31)17-2-5-19(26)6-3-17)24(32)28-15-16-1-8-22(27-14-16)30-9-11-33-12-10-30/h1-8,13-14H,9-12,15H2,(H,28,32)(H,29,31). The molecule has 1 fully saturated rings. The Kier molecular flexibility index (Phi) is 7.16. The van der Waals surface area contributed by atoms with Crippen molar-refractivity contribution in [2.24, 2.45) is 0 Å². The molecule has 0 aliphatic carbocycles. The molecule has 0 unspecified atom stereocenters. The number of hydrogen-bond donors (Lipinski definition) is 2. The molecule has 1 aromatic heterocycles. The zero-order valence-corrected chi connectivity index (χ0v) is 18.4. The summed E-state index contributed by atoms with van der Waals surface area (Å²) in [5.74, 6) is -0.425. The first-order valence-electron chi connectivity index (χ1n) is 10.4. The van der Waals surface area contributed by atoms with Crippen LogP contribution in [0.25, 0.3) is 0 Å². The van der Waals surface area contributed by atoms with Gasteiger partial charge in [0.05, 0.1) is 24.5 Å². The Morgan fingerprint density at radius 2 is 1.79 bits per heavy atom. The van der Waals surface area contributed by atoms with Gasteiger partial charge in [0.25, 0.3) is 11.8 Å². The summed E-state index contributed by atoms with van der Waals surface area (Å²) < 4.78 is 18.5. The number of rotatable bonds is 6. The molecule has 4 rings (SSSR count).